The van der Waals surface area contributed by atoms with E-state index in [0.29, 0.717) is 17.0 Å². The summed E-state index contributed by atoms with van der Waals surface area (Å²) in [5.74, 6) is 0.538. The highest BCUT2D eigenvalue weighted by Gasteiger charge is 2.12. The summed E-state index contributed by atoms with van der Waals surface area (Å²) in [6.07, 6.45) is 1.37. The van der Waals surface area contributed by atoms with Gasteiger partial charge in [0, 0.05) is 16.2 Å². The van der Waals surface area contributed by atoms with E-state index in [4.69, 9.17) is 10.5 Å². The van der Waals surface area contributed by atoms with Crippen molar-refractivity contribution in [2.45, 2.75) is 0 Å². The maximum atomic E-state index is 11.9. The number of aromatic amines is 1. The lowest BCUT2D eigenvalue weighted by atomic mass is 10.2. The molecular weight excluding hydrogens is 300 g/mol. The molecule has 4 N–H and O–H groups in total. The third-order valence-electron chi connectivity index (χ3n) is 2.28. The van der Waals surface area contributed by atoms with Crippen LogP contribution in [-0.2, 0) is 0 Å². The number of halogens is 1. The first-order valence-corrected chi connectivity index (χ1v) is 5.84. The smallest absolute Gasteiger partial charge is 0.261 e. The SMILES string of the molecule is COc1cc(Br)cc(NC(=O)c2cn[nH]c2N)c1. The molecule has 0 bridgehead atoms. The average Bonchev–Trinajstić information content (AvgIpc) is 2.74. The number of hydrogen-bond donors (Lipinski definition) is 3. The van der Waals surface area contributed by atoms with Crippen molar-refractivity contribution in [1.82, 2.24) is 10.2 Å². The molecule has 0 aliphatic heterocycles. The molecule has 1 aromatic carbocycles. The van der Waals surface area contributed by atoms with E-state index in [-0.39, 0.29) is 11.7 Å². The highest BCUT2D eigenvalue weighted by Crippen LogP contribution is 2.25. The summed E-state index contributed by atoms with van der Waals surface area (Å²) in [5.41, 5.74) is 6.47. The Labute approximate surface area is 112 Å². The van der Waals surface area contributed by atoms with E-state index in [1.54, 1.807) is 25.3 Å². The van der Waals surface area contributed by atoms with Crippen molar-refractivity contribution in [1.29, 1.82) is 0 Å². The van der Waals surface area contributed by atoms with Crippen molar-refractivity contribution in [2.24, 2.45) is 0 Å². The molecular formula is C11H11BrN4O2. The molecule has 0 unspecified atom stereocenters. The van der Waals surface area contributed by atoms with E-state index in [0.717, 1.165) is 4.47 Å². The first kappa shape index (κ1) is 12.4. The molecule has 0 saturated heterocycles. The van der Waals surface area contributed by atoms with Crippen molar-refractivity contribution in [3.63, 3.8) is 0 Å². The number of hydrogen-bond acceptors (Lipinski definition) is 4. The van der Waals surface area contributed by atoms with Crippen LogP contribution < -0.4 is 15.8 Å². The van der Waals surface area contributed by atoms with Crippen LogP contribution in [0, 0.1) is 0 Å². The number of nitrogens with zero attached hydrogens (tertiary/aromatic N) is 1. The normalized spacial score (nSPS) is 10.1. The second-order valence-corrected chi connectivity index (χ2v) is 4.45. The first-order valence-electron chi connectivity index (χ1n) is 5.05. The Morgan fingerprint density at radius 2 is 2.28 bits per heavy atom. The van der Waals surface area contributed by atoms with Gasteiger partial charge in [-0.2, -0.15) is 5.10 Å². The maximum Gasteiger partial charge on any atom is 0.261 e. The summed E-state index contributed by atoms with van der Waals surface area (Å²) in [7, 11) is 1.56. The lowest BCUT2D eigenvalue weighted by Gasteiger charge is -2.07. The number of carbonyl (C=O) groups is 1. The van der Waals surface area contributed by atoms with Gasteiger partial charge in [0.05, 0.1) is 13.3 Å². The van der Waals surface area contributed by atoms with Crippen molar-refractivity contribution in [3.8, 4) is 5.75 Å². The maximum absolute atomic E-state index is 11.9. The van der Waals surface area contributed by atoms with E-state index >= 15 is 0 Å². The zero-order chi connectivity index (χ0) is 13.1. The second-order valence-electron chi connectivity index (χ2n) is 3.53. The lowest BCUT2D eigenvalue weighted by Crippen LogP contribution is -2.13. The van der Waals surface area contributed by atoms with E-state index in [9.17, 15) is 4.79 Å². The minimum atomic E-state index is -0.332. The van der Waals surface area contributed by atoms with Crippen molar-refractivity contribution < 1.29 is 9.53 Å². The van der Waals surface area contributed by atoms with Crippen molar-refractivity contribution in [3.05, 3.63) is 34.4 Å². The molecule has 18 heavy (non-hydrogen) atoms. The molecule has 0 atom stereocenters. The quantitative estimate of drug-likeness (QED) is 0.808. The highest BCUT2D eigenvalue weighted by molar-refractivity contribution is 9.10. The molecule has 7 heteroatoms. The van der Waals surface area contributed by atoms with Gasteiger partial charge < -0.3 is 15.8 Å². The Balaban J connectivity index is 2.22. The standard InChI is InChI=1S/C11H11BrN4O2/c1-18-8-3-6(12)2-7(4-8)15-11(17)9-5-14-16-10(9)13/h2-5H,1H3,(H,15,17)(H3,13,14,16). The zero-order valence-electron chi connectivity index (χ0n) is 9.53. The summed E-state index contributed by atoms with van der Waals surface area (Å²) < 4.78 is 5.91. The molecule has 0 radical (unpaired) electrons. The van der Waals surface area contributed by atoms with Gasteiger partial charge in [-0.3, -0.25) is 9.89 Å². The highest BCUT2D eigenvalue weighted by atomic mass is 79.9. The number of ether oxygens (including phenoxy) is 1. The first-order chi connectivity index (χ1) is 8.60. The zero-order valence-corrected chi connectivity index (χ0v) is 11.1. The van der Waals surface area contributed by atoms with E-state index in [1.807, 2.05) is 0 Å². The Morgan fingerprint density at radius 1 is 1.50 bits per heavy atom. The summed E-state index contributed by atoms with van der Waals surface area (Å²) in [4.78, 5) is 11.9. The molecule has 0 aliphatic carbocycles. The topological polar surface area (TPSA) is 93.0 Å². The molecule has 1 heterocycles. The van der Waals surface area contributed by atoms with Gasteiger partial charge in [0.25, 0.3) is 5.91 Å². The molecule has 0 fully saturated rings. The van der Waals surface area contributed by atoms with Gasteiger partial charge >= 0.3 is 0 Å². The number of nitrogens with two attached hydrogens (primary N) is 1. The molecule has 0 aliphatic rings. The van der Waals surface area contributed by atoms with E-state index < -0.39 is 0 Å². The van der Waals surface area contributed by atoms with Gasteiger partial charge in [-0.05, 0) is 12.1 Å². The molecule has 1 aromatic heterocycles. The number of nitrogens with one attached hydrogen (secondary N) is 2. The average molecular weight is 311 g/mol. The van der Waals surface area contributed by atoms with Crippen LogP contribution in [0.15, 0.2) is 28.9 Å². The molecule has 2 aromatic rings. The minimum absolute atomic E-state index is 0.231. The predicted octanol–water partition coefficient (Wildman–Crippen LogP) is 2.02. The number of carbonyl (C=O) groups excluding carboxylic acids is 1. The number of aromatic nitrogens is 2. The predicted molar refractivity (Wildman–Crippen MR) is 71.6 cm³/mol. The largest absolute Gasteiger partial charge is 0.497 e. The number of benzene rings is 1. The van der Waals surface area contributed by atoms with Crippen LogP contribution in [0.5, 0.6) is 5.75 Å². The number of nitrogen functional groups attached to an aromatic ring is 1. The van der Waals surface area contributed by atoms with Gasteiger partial charge in [0.2, 0.25) is 0 Å². The van der Waals surface area contributed by atoms with E-state index in [2.05, 4.69) is 31.4 Å². The number of H-pyrrole nitrogens is 1. The van der Waals surface area contributed by atoms with Gasteiger partial charge in [0.15, 0.2) is 0 Å². The van der Waals surface area contributed by atoms with Crippen LogP contribution in [0.2, 0.25) is 0 Å². The Kier molecular flexibility index (Phi) is 3.52. The number of amides is 1. The Hall–Kier alpha value is -2.02. The summed E-state index contributed by atoms with van der Waals surface area (Å²) in [5, 5.41) is 8.90. The molecule has 6 nitrogen and oxygen atoms in total. The Bertz CT molecular complexity index is 582. The van der Waals surface area contributed by atoms with Gasteiger partial charge in [-0.25, -0.2) is 0 Å². The van der Waals surface area contributed by atoms with Crippen LogP contribution in [0.25, 0.3) is 0 Å². The summed E-state index contributed by atoms with van der Waals surface area (Å²) in [6.45, 7) is 0. The molecule has 0 saturated carbocycles. The third-order valence-corrected chi connectivity index (χ3v) is 2.74. The van der Waals surface area contributed by atoms with Gasteiger partial charge in [0.1, 0.15) is 17.1 Å². The van der Waals surface area contributed by atoms with E-state index in [1.165, 1.54) is 6.20 Å². The van der Waals surface area contributed by atoms with Crippen molar-refractivity contribution >= 4 is 33.3 Å². The number of rotatable bonds is 3. The van der Waals surface area contributed by atoms with Gasteiger partial charge in [-0.15, -0.1) is 0 Å². The molecule has 94 valence electrons. The Morgan fingerprint density at radius 3 is 2.89 bits per heavy atom. The third kappa shape index (κ3) is 2.62. The van der Waals surface area contributed by atoms with Crippen molar-refractivity contribution in [2.75, 3.05) is 18.2 Å². The van der Waals surface area contributed by atoms with Crippen LogP contribution in [0.1, 0.15) is 10.4 Å². The summed E-state index contributed by atoms with van der Waals surface area (Å²) >= 11 is 3.33. The fourth-order valence-corrected chi connectivity index (χ4v) is 1.90. The fourth-order valence-electron chi connectivity index (χ4n) is 1.43. The van der Waals surface area contributed by atoms with Crippen LogP contribution in [0.4, 0.5) is 11.5 Å². The van der Waals surface area contributed by atoms with Crippen LogP contribution in [0.3, 0.4) is 0 Å². The fraction of sp³-hybridized carbons (Fsp3) is 0.0909. The monoisotopic (exact) mass is 310 g/mol. The molecule has 2 rings (SSSR count). The number of methoxy groups -OCH3 is 1. The summed E-state index contributed by atoms with van der Waals surface area (Å²) in [6, 6.07) is 5.26. The van der Waals surface area contributed by atoms with Gasteiger partial charge in [-0.1, -0.05) is 15.9 Å². The molecule has 0 spiro atoms. The second kappa shape index (κ2) is 5.09. The minimum Gasteiger partial charge on any atom is -0.497 e. The lowest BCUT2D eigenvalue weighted by molar-refractivity contribution is 0.102. The van der Waals surface area contributed by atoms with Crippen LogP contribution >= 0.6 is 15.9 Å². The number of anilines is 2. The molecule has 1 amide bonds. The van der Waals surface area contributed by atoms with Crippen LogP contribution in [-0.4, -0.2) is 23.2 Å².